The van der Waals surface area contributed by atoms with Crippen molar-refractivity contribution >= 4 is 27.3 Å². The number of rotatable bonds is 2. The molecule has 4 heteroatoms. The van der Waals surface area contributed by atoms with Crippen molar-refractivity contribution in [1.29, 1.82) is 0 Å². The highest BCUT2D eigenvalue weighted by Gasteiger charge is 2.18. The van der Waals surface area contributed by atoms with Crippen molar-refractivity contribution in [2.24, 2.45) is 0 Å². The molecule has 2 nitrogen and oxygen atoms in total. The van der Waals surface area contributed by atoms with Gasteiger partial charge in [0.05, 0.1) is 4.88 Å². The molecule has 1 aliphatic carbocycles. The highest BCUT2D eigenvalue weighted by Crippen LogP contribution is 2.27. The Kier molecular flexibility index (Phi) is 3.51. The minimum Gasteiger partial charge on any atom is -0.349 e. The summed E-state index contributed by atoms with van der Waals surface area (Å²) in [5.74, 6) is -0.276. The number of hydrogen-bond donors (Lipinski definition) is 1. The third-order valence-corrected chi connectivity index (χ3v) is 4.74. The van der Waals surface area contributed by atoms with Crippen molar-refractivity contribution in [1.82, 2.24) is 5.32 Å². The zero-order valence-corrected chi connectivity index (χ0v) is 11.4. The second kappa shape index (κ2) is 5.29. The molecule has 2 aromatic rings. The number of hydrogen-bond acceptors (Lipinski definition) is 2. The Morgan fingerprint density at radius 3 is 2.79 bits per heavy atom. The van der Waals surface area contributed by atoms with Gasteiger partial charge in [-0.1, -0.05) is 25.3 Å². The molecule has 1 heterocycles. The van der Waals surface area contributed by atoms with Gasteiger partial charge in [-0.2, -0.15) is 0 Å². The van der Waals surface area contributed by atoms with Gasteiger partial charge in [0.1, 0.15) is 5.82 Å². The molecule has 0 aliphatic heterocycles. The van der Waals surface area contributed by atoms with Crippen LogP contribution in [0.25, 0.3) is 10.1 Å². The van der Waals surface area contributed by atoms with Crippen LogP contribution < -0.4 is 5.32 Å². The van der Waals surface area contributed by atoms with Crippen LogP contribution in [-0.4, -0.2) is 11.9 Å². The van der Waals surface area contributed by atoms with Crippen LogP contribution in [0.3, 0.4) is 0 Å². The molecule has 0 atom stereocenters. The first kappa shape index (κ1) is 12.6. The minimum atomic E-state index is -0.256. The van der Waals surface area contributed by atoms with Gasteiger partial charge in [-0.05, 0) is 36.4 Å². The molecule has 0 radical (unpaired) electrons. The summed E-state index contributed by atoms with van der Waals surface area (Å²) in [6, 6.07) is 6.79. The number of carbonyl (C=O) groups is 1. The molecular weight excluding hydrogens is 261 g/mol. The molecule has 1 N–H and O–H groups in total. The summed E-state index contributed by atoms with van der Waals surface area (Å²) in [5.41, 5.74) is 0. The Labute approximate surface area is 115 Å². The number of fused-ring (bicyclic) bond motifs is 1. The monoisotopic (exact) mass is 277 g/mol. The molecule has 1 aromatic heterocycles. The van der Waals surface area contributed by atoms with E-state index in [0.29, 0.717) is 10.9 Å². The summed E-state index contributed by atoms with van der Waals surface area (Å²) < 4.78 is 14.0. The fraction of sp³-hybridized carbons (Fsp3) is 0.400. The Hall–Kier alpha value is -1.42. The third kappa shape index (κ3) is 2.78. The van der Waals surface area contributed by atoms with Crippen LogP contribution in [0.5, 0.6) is 0 Å². The molecule has 0 unspecified atom stereocenters. The predicted molar refractivity (Wildman–Crippen MR) is 76.1 cm³/mol. The molecule has 1 amide bonds. The zero-order chi connectivity index (χ0) is 13.2. The van der Waals surface area contributed by atoms with Crippen LogP contribution in [0.2, 0.25) is 0 Å². The largest absolute Gasteiger partial charge is 0.349 e. The number of amides is 1. The lowest BCUT2D eigenvalue weighted by molar-refractivity contribution is 0.0932. The fourth-order valence-electron chi connectivity index (χ4n) is 2.62. The van der Waals surface area contributed by atoms with Crippen LogP contribution in [0.1, 0.15) is 41.8 Å². The number of halogens is 1. The van der Waals surface area contributed by atoms with Crippen molar-refractivity contribution in [2.75, 3.05) is 0 Å². The van der Waals surface area contributed by atoms with E-state index in [1.54, 1.807) is 6.07 Å². The Morgan fingerprint density at radius 1 is 1.21 bits per heavy atom. The molecule has 0 spiro atoms. The highest BCUT2D eigenvalue weighted by molar-refractivity contribution is 7.20. The molecule has 0 saturated heterocycles. The maximum absolute atomic E-state index is 13.1. The molecule has 1 fully saturated rings. The van der Waals surface area contributed by atoms with E-state index in [4.69, 9.17) is 0 Å². The molecular formula is C15H16FNOS. The van der Waals surface area contributed by atoms with E-state index in [1.165, 1.54) is 42.7 Å². The van der Waals surface area contributed by atoms with Gasteiger partial charge in [0.2, 0.25) is 0 Å². The van der Waals surface area contributed by atoms with Gasteiger partial charge in [0.15, 0.2) is 0 Å². The lowest BCUT2D eigenvalue weighted by Gasteiger charge is -2.22. The van der Waals surface area contributed by atoms with Crippen molar-refractivity contribution in [3.8, 4) is 0 Å². The van der Waals surface area contributed by atoms with Crippen LogP contribution >= 0.6 is 11.3 Å². The SMILES string of the molecule is O=C(NC1CCCCC1)c1cc2ccc(F)cc2s1. The minimum absolute atomic E-state index is 0.0199. The van der Waals surface area contributed by atoms with Gasteiger partial charge in [0, 0.05) is 10.7 Å². The lowest BCUT2D eigenvalue weighted by Crippen LogP contribution is -2.35. The first-order valence-corrected chi connectivity index (χ1v) is 7.54. The van der Waals surface area contributed by atoms with Gasteiger partial charge in [0.25, 0.3) is 5.91 Å². The second-order valence-corrected chi connectivity index (χ2v) is 6.18. The number of nitrogens with one attached hydrogen (secondary N) is 1. The van der Waals surface area contributed by atoms with E-state index in [-0.39, 0.29) is 11.7 Å². The predicted octanol–water partition coefficient (Wildman–Crippen LogP) is 4.10. The molecule has 19 heavy (non-hydrogen) atoms. The van der Waals surface area contributed by atoms with Gasteiger partial charge in [-0.25, -0.2) is 4.39 Å². The number of benzene rings is 1. The van der Waals surface area contributed by atoms with E-state index >= 15 is 0 Å². The van der Waals surface area contributed by atoms with E-state index < -0.39 is 0 Å². The first-order chi connectivity index (χ1) is 9.22. The normalized spacial score (nSPS) is 16.7. The quantitative estimate of drug-likeness (QED) is 0.879. The molecule has 100 valence electrons. The van der Waals surface area contributed by atoms with E-state index in [2.05, 4.69) is 5.32 Å². The van der Waals surface area contributed by atoms with Crippen LogP contribution in [-0.2, 0) is 0 Å². The standard InChI is InChI=1S/C15H16FNOS/c16-11-7-6-10-8-14(19-13(10)9-11)15(18)17-12-4-2-1-3-5-12/h6-9,12H,1-5H2,(H,17,18). The molecule has 1 aromatic carbocycles. The Balaban J connectivity index is 1.77. The van der Waals surface area contributed by atoms with E-state index in [9.17, 15) is 9.18 Å². The van der Waals surface area contributed by atoms with Crippen molar-refractivity contribution < 1.29 is 9.18 Å². The summed E-state index contributed by atoms with van der Waals surface area (Å²) in [4.78, 5) is 12.8. The average Bonchev–Trinajstić information content (AvgIpc) is 2.83. The lowest BCUT2D eigenvalue weighted by atomic mass is 9.95. The fourth-order valence-corrected chi connectivity index (χ4v) is 3.61. The summed E-state index contributed by atoms with van der Waals surface area (Å²) in [6.45, 7) is 0. The maximum atomic E-state index is 13.1. The topological polar surface area (TPSA) is 29.1 Å². The third-order valence-electron chi connectivity index (χ3n) is 3.65. The van der Waals surface area contributed by atoms with E-state index in [0.717, 1.165) is 22.9 Å². The van der Waals surface area contributed by atoms with Crippen molar-refractivity contribution in [2.45, 2.75) is 38.1 Å². The van der Waals surface area contributed by atoms with Gasteiger partial charge in [-0.3, -0.25) is 4.79 Å². The second-order valence-electron chi connectivity index (χ2n) is 5.10. The summed E-state index contributed by atoms with van der Waals surface area (Å²) >= 11 is 1.36. The van der Waals surface area contributed by atoms with Crippen LogP contribution in [0, 0.1) is 5.82 Å². The number of carbonyl (C=O) groups excluding carboxylic acids is 1. The van der Waals surface area contributed by atoms with Crippen LogP contribution in [0.4, 0.5) is 4.39 Å². The van der Waals surface area contributed by atoms with E-state index in [1.807, 2.05) is 6.07 Å². The summed E-state index contributed by atoms with van der Waals surface area (Å²) in [7, 11) is 0. The zero-order valence-electron chi connectivity index (χ0n) is 10.6. The first-order valence-electron chi connectivity index (χ1n) is 6.72. The highest BCUT2D eigenvalue weighted by atomic mass is 32.1. The van der Waals surface area contributed by atoms with Gasteiger partial charge >= 0.3 is 0 Å². The van der Waals surface area contributed by atoms with Crippen LogP contribution in [0.15, 0.2) is 24.3 Å². The van der Waals surface area contributed by atoms with Crippen molar-refractivity contribution in [3.05, 3.63) is 35.0 Å². The summed E-state index contributed by atoms with van der Waals surface area (Å²) in [6.07, 6.45) is 5.82. The smallest absolute Gasteiger partial charge is 0.261 e. The van der Waals surface area contributed by atoms with Crippen molar-refractivity contribution in [3.63, 3.8) is 0 Å². The molecule has 1 aliphatic rings. The summed E-state index contributed by atoms with van der Waals surface area (Å²) in [5, 5.41) is 4.02. The Bertz CT molecular complexity index is 601. The van der Waals surface area contributed by atoms with Gasteiger partial charge < -0.3 is 5.32 Å². The molecule has 3 rings (SSSR count). The maximum Gasteiger partial charge on any atom is 0.261 e. The van der Waals surface area contributed by atoms with Gasteiger partial charge in [-0.15, -0.1) is 11.3 Å². The Morgan fingerprint density at radius 2 is 2.00 bits per heavy atom. The molecule has 0 bridgehead atoms. The number of thiophene rings is 1. The molecule has 1 saturated carbocycles. The average molecular weight is 277 g/mol.